The van der Waals surface area contributed by atoms with E-state index >= 15 is 0 Å². The quantitative estimate of drug-likeness (QED) is 0.121. The van der Waals surface area contributed by atoms with Crippen LogP contribution in [0.1, 0.15) is 15.9 Å². The third-order valence-electron chi connectivity index (χ3n) is 6.14. The van der Waals surface area contributed by atoms with Gasteiger partial charge in [0.25, 0.3) is 11.8 Å². The van der Waals surface area contributed by atoms with Crippen LogP contribution in [0.3, 0.4) is 0 Å². The number of benzene rings is 4. The first-order valence-corrected chi connectivity index (χ1v) is 14.6. The highest BCUT2D eigenvalue weighted by Gasteiger charge is 2.16. The van der Waals surface area contributed by atoms with Crippen molar-refractivity contribution in [1.82, 2.24) is 5.32 Å². The molecule has 0 heterocycles. The first-order valence-electron chi connectivity index (χ1n) is 13.3. The number of rotatable bonds is 12. The molecule has 226 valence electrons. The van der Waals surface area contributed by atoms with Crippen LogP contribution < -0.4 is 30.2 Å². The number of ether oxygens (including phenoxy) is 3. The Labute approximate surface area is 264 Å². The summed E-state index contributed by atoms with van der Waals surface area (Å²) in [6, 6.07) is 25.9. The van der Waals surface area contributed by atoms with Crippen molar-refractivity contribution >= 4 is 58.5 Å². The molecular weight excluding hydrogens is 602 g/mol. The number of carbonyl (C=O) groups is 3. The van der Waals surface area contributed by atoms with Crippen molar-refractivity contribution in [1.29, 1.82) is 0 Å². The molecular formula is C33H30ClN3O6S. The van der Waals surface area contributed by atoms with Crippen LogP contribution in [0.5, 0.6) is 17.2 Å². The molecule has 4 aromatic carbocycles. The number of nitrogens with one attached hydrogen (secondary N) is 3. The summed E-state index contributed by atoms with van der Waals surface area (Å²) in [7, 11) is 4.52. The van der Waals surface area contributed by atoms with Gasteiger partial charge in [-0.2, -0.15) is 0 Å². The van der Waals surface area contributed by atoms with E-state index in [9.17, 15) is 14.4 Å². The second-order valence-corrected chi connectivity index (χ2v) is 10.6. The van der Waals surface area contributed by atoms with Crippen molar-refractivity contribution in [3.63, 3.8) is 0 Å². The summed E-state index contributed by atoms with van der Waals surface area (Å²) in [5.74, 6) is 0.285. The van der Waals surface area contributed by atoms with Crippen molar-refractivity contribution in [2.45, 2.75) is 4.90 Å². The monoisotopic (exact) mass is 631 g/mol. The summed E-state index contributed by atoms with van der Waals surface area (Å²) in [5.41, 5.74) is 2.00. The third kappa shape index (κ3) is 8.79. The molecule has 44 heavy (non-hydrogen) atoms. The Kier molecular flexibility index (Phi) is 11.3. The predicted molar refractivity (Wildman–Crippen MR) is 174 cm³/mol. The molecule has 0 saturated heterocycles. The molecule has 11 heteroatoms. The summed E-state index contributed by atoms with van der Waals surface area (Å²) in [6.45, 7) is 0. The first-order chi connectivity index (χ1) is 21.3. The molecule has 0 unspecified atom stereocenters. The molecule has 9 nitrogen and oxygen atoms in total. The second-order valence-electron chi connectivity index (χ2n) is 9.16. The van der Waals surface area contributed by atoms with Crippen molar-refractivity contribution in [3.8, 4) is 17.2 Å². The van der Waals surface area contributed by atoms with Crippen LogP contribution in [0.4, 0.5) is 11.4 Å². The fourth-order valence-electron chi connectivity index (χ4n) is 4.00. The molecule has 0 aliphatic carbocycles. The van der Waals surface area contributed by atoms with E-state index in [-0.39, 0.29) is 17.4 Å². The Balaban J connectivity index is 1.46. The fourth-order valence-corrected chi connectivity index (χ4v) is 4.99. The molecule has 4 aromatic rings. The maximum Gasteiger partial charge on any atom is 0.272 e. The Morgan fingerprint density at radius 2 is 1.55 bits per heavy atom. The van der Waals surface area contributed by atoms with Crippen molar-refractivity contribution in [2.75, 3.05) is 37.7 Å². The molecule has 0 fully saturated rings. The SMILES string of the molecule is COc1cccc(/C=C(\NC(=O)c2ccccc2)C(=O)Nc2cccc(SCC(=O)Nc3cc(Cl)c(OC)cc3OC)c2)c1. The van der Waals surface area contributed by atoms with Crippen molar-refractivity contribution < 1.29 is 28.6 Å². The zero-order valence-corrected chi connectivity index (χ0v) is 25.8. The topological polar surface area (TPSA) is 115 Å². The summed E-state index contributed by atoms with van der Waals surface area (Å²) >= 11 is 7.49. The van der Waals surface area contributed by atoms with E-state index in [0.29, 0.717) is 44.8 Å². The third-order valence-corrected chi connectivity index (χ3v) is 7.43. The molecule has 3 amide bonds. The van der Waals surface area contributed by atoms with Crippen LogP contribution in [-0.4, -0.2) is 44.8 Å². The minimum Gasteiger partial charge on any atom is -0.497 e. The molecule has 3 N–H and O–H groups in total. The zero-order chi connectivity index (χ0) is 31.5. The number of halogens is 1. The fraction of sp³-hybridized carbons (Fsp3) is 0.121. The van der Waals surface area contributed by atoms with Gasteiger partial charge in [-0.25, -0.2) is 0 Å². The lowest BCUT2D eigenvalue weighted by atomic mass is 10.1. The Morgan fingerprint density at radius 1 is 0.795 bits per heavy atom. The highest BCUT2D eigenvalue weighted by Crippen LogP contribution is 2.36. The van der Waals surface area contributed by atoms with E-state index in [0.717, 1.165) is 4.90 Å². The van der Waals surface area contributed by atoms with Crippen LogP contribution in [0, 0.1) is 0 Å². The van der Waals surface area contributed by atoms with Gasteiger partial charge in [-0.3, -0.25) is 14.4 Å². The molecule has 4 rings (SSSR count). The maximum absolute atomic E-state index is 13.4. The van der Waals surface area contributed by atoms with Gasteiger partial charge in [0.2, 0.25) is 5.91 Å². The summed E-state index contributed by atoms with van der Waals surface area (Å²) < 4.78 is 15.8. The summed E-state index contributed by atoms with van der Waals surface area (Å²) in [4.78, 5) is 39.8. The summed E-state index contributed by atoms with van der Waals surface area (Å²) in [6.07, 6.45) is 1.57. The number of anilines is 2. The number of amides is 3. The standard InChI is InChI=1S/C33H30ClN3O6S/c1-41-24-13-7-9-21(15-24)16-28(37-32(39)22-10-5-4-6-11-22)33(40)35-23-12-8-14-25(17-23)44-20-31(38)36-27-18-26(34)29(42-2)19-30(27)43-3/h4-19H,20H2,1-3H3,(H,35,40)(H,36,38)(H,37,39)/b28-16-. The van der Waals surface area contributed by atoms with Crippen LogP contribution in [0.15, 0.2) is 102 Å². The highest BCUT2D eigenvalue weighted by molar-refractivity contribution is 8.00. The van der Waals surface area contributed by atoms with Gasteiger partial charge >= 0.3 is 0 Å². The smallest absolute Gasteiger partial charge is 0.272 e. The van der Waals surface area contributed by atoms with Gasteiger partial charge in [0.15, 0.2) is 0 Å². The normalized spacial score (nSPS) is 10.9. The van der Waals surface area contributed by atoms with E-state index in [1.54, 1.807) is 98.1 Å². The minimum atomic E-state index is -0.527. The van der Waals surface area contributed by atoms with Gasteiger partial charge < -0.3 is 30.2 Å². The van der Waals surface area contributed by atoms with Crippen molar-refractivity contribution in [2.24, 2.45) is 0 Å². The molecule has 0 saturated carbocycles. The average molecular weight is 632 g/mol. The van der Waals surface area contributed by atoms with Gasteiger partial charge in [0, 0.05) is 22.2 Å². The molecule has 0 bridgehead atoms. The maximum atomic E-state index is 13.4. The van der Waals surface area contributed by atoms with Crippen LogP contribution in [-0.2, 0) is 9.59 Å². The molecule has 0 spiro atoms. The lowest BCUT2D eigenvalue weighted by molar-refractivity contribution is -0.114. The minimum absolute atomic E-state index is 0.0386. The number of hydrogen-bond acceptors (Lipinski definition) is 7. The first kappa shape index (κ1) is 32.0. The van der Waals surface area contributed by atoms with Crippen LogP contribution in [0.2, 0.25) is 5.02 Å². The van der Waals surface area contributed by atoms with E-state index in [2.05, 4.69) is 16.0 Å². The molecule has 0 atom stereocenters. The highest BCUT2D eigenvalue weighted by atomic mass is 35.5. The molecule has 0 radical (unpaired) electrons. The van der Waals surface area contributed by atoms with Crippen LogP contribution in [0.25, 0.3) is 6.08 Å². The molecule has 0 aliphatic heterocycles. The summed E-state index contributed by atoms with van der Waals surface area (Å²) in [5, 5.41) is 8.69. The van der Waals surface area contributed by atoms with E-state index in [1.165, 1.54) is 26.0 Å². The lowest BCUT2D eigenvalue weighted by Gasteiger charge is -2.13. The van der Waals surface area contributed by atoms with E-state index in [4.69, 9.17) is 25.8 Å². The molecule has 0 aromatic heterocycles. The largest absolute Gasteiger partial charge is 0.497 e. The number of carbonyl (C=O) groups excluding carboxylic acids is 3. The van der Waals surface area contributed by atoms with Gasteiger partial charge in [0.1, 0.15) is 22.9 Å². The second kappa shape index (κ2) is 15.5. The van der Waals surface area contributed by atoms with Crippen LogP contribution >= 0.6 is 23.4 Å². The van der Waals surface area contributed by atoms with E-state index < -0.39 is 11.8 Å². The van der Waals surface area contributed by atoms with Gasteiger partial charge in [0.05, 0.1) is 37.8 Å². The average Bonchev–Trinajstić information content (AvgIpc) is 3.04. The number of hydrogen-bond donors (Lipinski definition) is 3. The Bertz CT molecular complexity index is 1680. The van der Waals surface area contributed by atoms with E-state index in [1.807, 2.05) is 6.07 Å². The number of thioether (sulfide) groups is 1. The van der Waals surface area contributed by atoms with Gasteiger partial charge in [-0.15, -0.1) is 11.8 Å². The lowest BCUT2D eigenvalue weighted by Crippen LogP contribution is -2.30. The Morgan fingerprint density at radius 3 is 2.27 bits per heavy atom. The molecule has 0 aliphatic rings. The predicted octanol–water partition coefficient (Wildman–Crippen LogP) is 6.51. The number of methoxy groups -OCH3 is 3. The Hall–Kier alpha value is -4.93. The zero-order valence-electron chi connectivity index (χ0n) is 24.2. The van der Waals surface area contributed by atoms with Gasteiger partial charge in [-0.1, -0.05) is 48.0 Å². The van der Waals surface area contributed by atoms with Crippen molar-refractivity contribution in [3.05, 3.63) is 113 Å². The van der Waals surface area contributed by atoms with Gasteiger partial charge in [-0.05, 0) is 60.2 Å².